The Kier molecular flexibility index (Phi) is 5.84. The zero-order chi connectivity index (χ0) is 17.7. The molecule has 0 aliphatic heterocycles. The lowest BCUT2D eigenvalue weighted by Crippen LogP contribution is -2.09. The van der Waals surface area contributed by atoms with E-state index in [9.17, 15) is 4.79 Å². The fraction of sp³-hybridized carbons (Fsp3) is 0. The molecule has 0 unspecified atom stereocenters. The van der Waals surface area contributed by atoms with E-state index in [1.165, 1.54) is 30.3 Å². The topological polar surface area (TPSA) is 73.9 Å². The van der Waals surface area contributed by atoms with Gasteiger partial charge < -0.3 is 4.74 Å². The van der Waals surface area contributed by atoms with Crippen LogP contribution < -0.4 is 4.74 Å². The van der Waals surface area contributed by atoms with Crippen molar-refractivity contribution in [3.8, 4) is 17.9 Å². The van der Waals surface area contributed by atoms with Crippen LogP contribution in [0.3, 0.4) is 0 Å². The highest BCUT2D eigenvalue weighted by atomic mass is 35.5. The van der Waals surface area contributed by atoms with Crippen LogP contribution in [-0.4, -0.2) is 5.97 Å². The second-order valence-electron chi connectivity index (χ2n) is 4.49. The number of rotatable bonds is 3. The fourth-order valence-electron chi connectivity index (χ4n) is 1.73. The van der Waals surface area contributed by atoms with Gasteiger partial charge in [-0.3, -0.25) is 0 Å². The lowest BCUT2D eigenvalue weighted by molar-refractivity contribution is 0.0735. The summed E-state index contributed by atoms with van der Waals surface area (Å²) in [6, 6.07) is 12.5. The van der Waals surface area contributed by atoms with E-state index >= 15 is 0 Å². The average Bonchev–Trinajstić information content (AvgIpc) is 2.57. The Morgan fingerprint density at radius 2 is 1.54 bits per heavy atom. The van der Waals surface area contributed by atoms with Gasteiger partial charge in [-0.15, -0.1) is 0 Å². The highest BCUT2D eigenvalue weighted by Gasteiger charge is 2.15. The molecule has 0 fully saturated rings. The lowest BCUT2D eigenvalue weighted by Gasteiger charge is -2.07. The highest BCUT2D eigenvalue weighted by Crippen LogP contribution is 2.29. The summed E-state index contributed by atoms with van der Waals surface area (Å²) < 4.78 is 5.21. The maximum atomic E-state index is 12.1. The van der Waals surface area contributed by atoms with Gasteiger partial charge in [0.25, 0.3) is 0 Å². The number of carbonyl (C=O) groups is 1. The molecule has 0 amide bonds. The largest absolute Gasteiger partial charge is 0.423 e. The standard InChI is InChI=1S/C17H7Cl3N2O2/c18-14-7-16(20)15(19)6-13(14)17(23)24-12-3-1-10(2-4-12)5-11(8-21)9-22/h1-7H. The molecule has 118 valence electrons. The Morgan fingerprint density at radius 3 is 2.12 bits per heavy atom. The third kappa shape index (κ3) is 4.28. The minimum absolute atomic E-state index is 0.0256. The Hall–Kier alpha value is -2.50. The van der Waals surface area contributed by atoms with Crippen LogP contribution in [0.15, 0.2) is 42.0 Å². The number of esters is 1. The average molecular weight is 378 g/mol. The minimum atomic E-state index is -0.684. The molecule has 2 aromatic carbocycles. The third-order valence-corrected chi connectivity index (χ3v) is 3.91. The molecule has 0 saturated carbocycles. The molecule has 2 rings (SSSR count). The molecule has 0 radical (unpaired) electrons. The molecule has 24 heavy (non-hydrogen) atoms. The zero-order valence-corrected chi connectivity index (χ0v) is 14.2. The quantitative estimate of drug-likeness (QED) is 0.315. The summed E-state index contributed by atoms with van der Waals surface area (Å²) in [5, 5.41) is 18.0. The molecule has 4 nitrogen and oxygen atoms in total. The molecular formula is C17H7Cl3N2O2. The number of allylic oxidation sites excluding steroid dienone is 1. The predicted molar refractivity (Wildman–Crippen MR) is 92.1 cm³/mol. The molecule has 0 saturated heterocycles. The Labute approximate surface area is 153 Å². The van der Waals surface area contributed by atoms with Gasteiger partial charge in [0.1, 0.15) is 23.5 Å². The number of halogens is 3. The summed E-state index contributed by atoms with van der Waals surface area (Å²) in [6.07, 6.45) is 1.42. The number of hydrogen-bond acceptors (Lipinski definition) is 4. The van der Waals surface area contributed by atoms with Gasteiger partial charge in [0.05, 0.1) is 20.6 Å². The number of carbonyl (C=O) groups excluding carboxylic acids is 1. The van der Waals surface area contributed by atoms with Crippen molar-refractivity contribution < 1.29 is 9.53 Å². The van der Waals surface area contributed by atoms with E-state index in [-0.39, 0.29) is 32.0 Å². The summed E-state index contributed by atoms with van der Waals surface area (Å²) in [7, 11) is 0. The monoisotopic (exact) mass is 376 g/mol. The number of nitrogens with zero attached hydrogens (tertiary/aromatic N) is 2. The Morgan fingerprint density at radius 1 is 0.958 bits per heavy atom. The van der Waals surface area contributed by atoms with Crippen LogP contribution in [0.4, 0.5) is 0 Å². The molecule has 7 heteroatoms. The van der Waals surface area contributed by atoms with Crippen LogP contribution in [-0.2, 0) is 0 Å². The van der Waals surface area contributed by atoms with Crippen LogP contribution in [0.5, 0.6) is 5.75 Å². The minimum Gasteiger partial charge on any atom is -0.423 e. The van der Waals surface area contributed by atoms with Crippen LogP contribution >= 0.6 is 34.8 Å². The van der Waals surface area contributed by atoms with Gasteiger partial charge in [0.15, 0.2) is 0 Å². The first kappa shape index (κ1) is 17.8. The normalized spacial score (nSPS) is 9.54. The van der Waals surface area contributed by atoms with E-state index in [4.69, 9.17) is 50.1 Å². The SMILES string of the molecule is N#CC(C#N)=Cc1ccc(OC(=O)c2cc(Cl)c(Cl)cc2Cl)cc1. The van der Waals surface area contributed by atoms with Crippen molar-refractivity contribution in [3.05, 3.63) is 68.2 Å². The molecule has 0 heterocycles. The molecule has 0 atom stereocenters. The Bertz CT molecular complexity index is 891. The maximum absolute atomic E-state index is 12.1. The van der Waals surface area contributed by atoms with E-state index in [0.29, 0.717) is 5.56 Å². The predicted octanol–water partition coefficient (Wildman–Crippen LogP) is 5.30. The summed E-state index contributed by atoms with van der Waals surface area (Å²) >= 11 is 17.6. The van der Waals surface area contributed by atoms with Gasteiger partial charge in [0, 0.05) is 0 Å². The number of benzene rings is 2. The van der Waals surface area contributed by atoms with Gasteiger partial charge >= 0.3 is 5.97 Å². The first-order valence-corrected chi connectivity index (χ1v) is 7.56. The molecule has 0 N–H and O–H groups in total. The molecular weight excluding hydrogens is 371 g/mol. The van der Waals surface area contributed by atoms with Crippen LogP contribution in [0.2, 0.25) is 15.1 Å². The number of nitriles is 2. The second-order valence-corrected chi connectivity index (χ2v) is 5.71. The number of hydrogen-bond donors (Lipinski definition) is 0. The zero-order valence-electron chi connectivity index (χ0n) is 11.9. The van der Waals surface area contributed by atoms with Crippen molar-refractivity contribution in [3.63, 3.8) is 0 Å². The van der Waals surface area contributed by atoms with Crippen LogP contribution in [0.1, 0.15) is 15.9 Å². The highest BCUT2D eigenvalue weighted by molar-refractivity contribution is 6.44. The van der Waals surface area contributed by atoms with Crippen molar-refractivity contribution in [2.24, 2.45) is 0 Å². The molecule has 0 aliphatic rings. The summed E-state index contributed by atoms with van der Waals surface area (Å²) in [6.45, 7) is 0. The van der Waals surface area contributed by atoms with E-state index in [2.05, 4.69) is 0 Å². The first-order valence-electron chi connectivity index (χ1n) is 6.43. The Balaban J connectivity index is 2.19. The molecule has 0 bridgehead atoms. The van der Waals surface area contributed by atoms with Crippen molar-refractivity contribution >= 4 is 46.8 Å². The molecule has 2 aromatic rings. The van der Waals surface area contributed by atoms with E-state index in [1.807, 2.05) is 0 Å². The molecule has 0 aromatic heterocycles. The maximum Gasteiger partial charge on any atom is 0.345 e. The fourth-order valence-corrected chi connectivity index (χ4v) is 2.35. The van der Waals surface area contributed by atoms with Crippen molar-refractivity contribution in [2.45, 2.75) is 0 Å². The van der Waals surface area contributed by atoms with E-state index in [1.54, 1.807) is 24.3 Å². The summed E-state index contributed by atoms with van der Waals surface area (Å²) in [5.74, 6) is -0.411. The van der Waals surface area contributed by atoms with Crippen molar-refractivity contribution in [1.29, 1.82) is 10.5 Å². The van der Waals surface area contributed by atoms with Gasteiger partial charge in [-0.2, -0.15) is 10.5 Å². The summed E-state index contributed by atoms with van der Waals surface area (Å²) in [5.41, 5.74) is 0.689. The molecule has 0 spiro atoms. The molecule has 0 aliphatic carbocycles. The van der Waals surface area contributed by atoms with E-state index in [0.717, 1.165) is 0 Å². The van der Waals surface area contributed by atoms with Gasteiger partial charge in [-0.05, 0) is 35.9 Å². The second kappa shape index (κ2) is 7.86. The van der Waals surface area contributed by atoms with Crippen molar-refractivity contribution in [1.82, 2.24) is 0 Å². The first-order chi connectivity index (χ1) is 11.4. The van der Waals surface area contributed by atoms with Gasteiger partial charge in [0.2, 0.25) is 0 Å². The van der Waals surface area contributed by atoms with Crippen LogP contribution in [0, 0.1) is 22.7 Å². The van der Waals surface area contributed by atoms with Gasteiger partial charge in [-0.25, -0.2) is 4.79 Å². The van der Waals surface area contributed by atoms with Crippen molar-refractivity contribution in [2.75, 3.05) is 0 Å². The third-order valence-electron chi connectivity index (χ3n) is 2.87. The van der Waals surface area contributed by atoms with E-state index < -0.39 is 5.97 Å². The summed E-state index contributed by atoms with van der Waals surface area (Å²) in [4.78, 5) is 12.1. The smallest absolute Gasteiger partial charge is 0.345 e. The number of ether oxygens (including phenoxy) is 1. The van der Waals surface area contributed by atoms with Gasteiger partial charge in [-0.1, -0.05) is 46.9 Å². The van der Waals surface area contributed by atoms with Crippen LogP contribution in [0.25, 0.3) is 6.08 Å². The lowest BCUT2D eigenvalue weighted by atomic mass is 10.1.